The Bertz CT molecular complexity index is 1530. The number of aromatic amines is 1. The van der Waals surface area contributed by atoms with E-state index < -0.39 is 0 Å². The van der Waals surface area contributed by atoms with Gasteiger partial charge in [-0.3, -0.25) is 14.5 Å². The molecular weight excluding hydrogens is 496 g/mol. The van der Waals surface area contributed by atoms with Gasteiger partial charge in [-0.15, -0.1) is 0 Å². The van der Waals surface area contributed by atoms with E-state index in [1.165, 1.54) is 39.6 Å². The molecule has 1 aromatic heterocycles. The number of hydrogen-bond acceptors (Lipinski definition) is 3. The van der Waals surface area contributed by atoms with Gasteiger partial charge in [0.2, 0.25) is 11.8 Å². The molecule has 2 aliphatic rings. The first-order chi connectivity index (χ1) is 19.4. The van der Waals surface area contributed by atoms with E-state index in [4.69, 9.17) is 0 Å². The van der Waals surface area contributed by atoms with Crippen molar-refractivity contribution in [3.8, 4) is 0 Å². The quantitative estimate of drug-likeness (QED) is 0.286. The minimum atomic E-state index is -0.274. The molecule has 0 spiro atoms. The summed E-state index contributed by atoms with van der Waals surface area (Å²) in [5, 5.41) is 7.53. The predicted octanol–water partition coefficient (Wildman–Crippen LogP) is 5.67. The lowest BCUT2D eigenvalue weighted by molar-refractivity contribution is -0.130. The van der Waals surface area contributed by atoms with Crippen LogP contribution in [0.15, 0.2) is 66.9 Å². The van der Waals surface area contributed by atoms with E-state index in [9.17, 15) is 9.59 Å². The van der Waals surface area contributed by atoms with Crippen molar-refractivity contribution in [1.29, 1.82) is 0 Å². The Morgan fingerprint density at radius 3 is 2.48 bits per heavy atom. The monoisotopic (exact) mass is 534 g/mol. The number of H-pyrrole nitrogens is 1. The molecule has 1 aliphatic carbocycles. The van der Waals surface area contributed by atoms with E-state index in [0.29, 0.717) is 32.6 Å². The highest BCUT2D eigenvalue weighted by Crippen LogP contribution is 2.29. The summed E-state index contributed by atoms with van der Waals surface area (Å²) in [4.78, 5) is 32.7. The second kappa shape index (κ2) is 11.3. The zero-order chi connectivity index (χ0) is 27.6. The molecule has 1 aliphatic heterocycles. The molecule has 6 nitrogen and oxygen atoms in total. The Labute approximate surface area is 236 Å². The van der Waals surface area contributed by atoms with Crippen LogP contribution in [0.4, 0.5) is 5.69 Å². The molecule has 206 valence electrons. The van der Waals surface area contributed by atoms with Gasteiger partial charge in [-0.1, -0.05) is 53.6 Å². The van der Waals surface area contributed by atoms with Crippen LogP contribution in [0.2, 0.25) is 0 Å². The molecule has 2 heterocycles. The third-order valence-electron chi connectivity index (χ3n) is 8.45. The number of piperidine rings is 1. The number of rotatable bonds is 7. The number of para-hydroxylation sites is 1. The van der Waals surface area contributed by atoms with Crippen molar-refractivity contribution in [2.75, 3.05) is 18.4 Å². The number of benzene rings is 3. The Morgan fingerprint density at radius 2 is 1.65 bits per heavy atom. The number of anilines is 1. The van der Waals surface area contributed by atoms with Gasteiger partial charge in [-0.2, -0.15) is 0 Å². The minimum absolute atomic E-state index is 0.00585. The second-order valence-corrected chi connectivity index (χ2v) is 11.7. The first kappa shape index (κ1) is 26.3. The molecule has 2 atom stereocenters. The van der Waals surface area contributed by atoms with Crippen LogP contribution in [-0.2, 0) is 35.5 Å². The molecular formula is C34H38N4O2. The molecule has 4 aromatic rings. The molecule has 0 radical (unpaired) electrons. The molecule has 3 N–H and O–H groups in total. The number of hydrogen-bond donors (Lipinski definition) is 3. The summed E-state index contributed by atoms with van der Waals surface area (Å²) in [6.07, 6.45) is 5.96. The number of carbonyl (C=O) groups excluding carboxylic acids is 2. The summed E-state index contributed by atoms with van der Waals surface area (Å²) in [6.45, 7) is 6.58. The number of carbonyl (C=O) groups is 2. The zero-order valence-electron chi connectivity index (χ0n) is 23.4. The standard InChI is InChI=1S/C34H38N4O2/c1-22-12-23(2)14-24(13-22)17-36-33(39)27-15-28(34(40)37-30-11-10-25-6-5-7-26(25)16-30)20-38(19-27)21-29-18-35-32-9-4-3-8-31(29)32/h3-4,8-14,16,18,27-28,35H,5-7,15,17,19-21H2,1-2H3,(H,36,39)(H,37,40)/t27-,28+/m0/s1. The SMILES string of the molecule is Cc1cc(C)cc(CNC(=O)[C@H]2C[C@@H](C(=O)Nc3ccc4c(c3)CCC4)CN(Cc3c[nH]c4ccccc34)C2)c1. The molecule has 2 amide bonds. The maximum atomic E-state index is 13.6. The Kier molecular flexibility index (Phi) is 7.44. The van der Waals surface area contributed by atoms with Crippen molar-refractivity contribution in [3.05, 3.63) is 100 Å². The highest BCUT2D eigenvalue weighted by molar-refractivity contribution is 5.93. The van der Waals surface area contributed by atoms with Gasteiger partial charge < -0.3 is 15.6 Å². The number of nitrogens with one attached hydrogen (secondary N) is 3. The van der Waals surface area contributed by atoms with Gasteiger partial charge in [0, 0.05) is 49.0 Å². The van der Waals surface area contributed by atoms with Crippen molar-refractivity contribution in [3.63, 3.8) is 0 Å². The van der Waals surface area contributed by atoms with Gasteiger partial charge in [0.05, 0.1) is 11.8 Å². The summed E-state index contributed by atoms with van der Waals surface area (Å²) < 4.78 is 0. The van der Waals surface area contributed by atoms with Crippen LogP contribution in [0.25, 0.3) is 10.9 Å². The lowest BCUT2D eigenvalue weighted by atomic mass is 9.87. The van der Waals surface area contributed by atoms with Gasteiger partial charge in [-0.05, 0) is 80.0 Å². The van der Waals surface area contributed by atoms with Crippen molar-refractivity contribution in [2.24, 2.45) is 11.8 Å². The van der Waals surface area contributed by atoms with Crippen molar-refractivity contribution in [1.82, 2.24) is 15.2 Å². The topological polar surface area (TPSA) is 77.2 Å². The number of likely N-dealkylation sites (tertiary alicyclic amines) is 1. The van der Waals surface area contributed by atoms with Crippen molar-refractivity contribution >= 4 is 28.4 Å². The largest absolute Gasteiger partial charge is 0.361 e. The predicted molar refractivity (Wildman–Crippen MR) is 160 cm³/mol. The average molecular weight is 535 g/mol. The van der Waals surface area contributed by atoms with E-state index in [2.05, 4.69) is 76.8 Å². The smallest absolute Gasteiger partial charge is 0.228 e. The molecule has 3 aromatic carbocycles. The molecule has 6 rings (SSSR count). The second-order valence-electron chi connectivity index (χ2n) is 11.7. The van der Waals surface area contributed by atoms with E-state index in [1.54, 1.807) is 0 Å². The van der Waals surface area contributed by atoms with E-state index in [-0.39, 0.29) is 23.7 Å². The van der Waals surface area contributed by atoms with E-state index >= 15 is 0 Å². The summed E-state index contributed by atoms with van der Waals surface area (Å²) in [7, 11) is 0. The highest BCUT2D eigenvalue weighted by atomic mass is 16.2. The van der Waals surface area contributed by atoms with Crippen molar-refractivity contribution in [2.45, 2.75) is 52.6 Å². The summed E-state index contributed by atoms with van der Waals surface area (Å²) in [5.74, 6) is -0.531. The summed E-state index contributed by atoms with van der Waals surface area (Å²) in [6, 6.07) is 20.9. The number of aryl methyl sites for hydroxylation is 4. The third kappa shape index (κ3) is 5.82. The molecule has 6 heteroatoms. The van der Waals surface area contributed by atoms with E-state index in [0.717, 1.165) is 29.6 Å². The summed E-state index contributed by atoms with van der Waals surface area (Å²) >= 11 is 0. The highest BCUT2D eigenvalue weighted by Gasteiger charge is 2.35. The first-order valence-corrected chi connectivity index (χ1v) is 14.5. The molecule has 1 fully saturated rings. The normalized spacial score (nSPS) is 18.9. The number of aromatic nitrogens is 1. The van der Waals surface area contributed by atoms with Crippen LogP contribution in [0.3, 0.4) is 0 Å². The van der Waals surface area contributed by atoms with Crippen LogP contribution in [0, 0.1) is 25.7 Å². The molecule has 0 unspecified atom stereocenters. The zero-order valence-corrected chi connectivity index (χ0v) is 23.4. The van der Waals surface area contributed by atoms with Gasteiger partial charge in [-0.25, -0.2) is 0 Å². The molecule has 0 bridgehead atoms. The third-order valence-corrected chi connectivity index (χ3v) is 8.45. The average Bonchev–Trinajstić information content (AvgIpc) is 3.58. The Hall–Kier alpha value is -3.90. The molecule has 40 heavy (non-hydrogen) atoms. The Morgan fingerprint density at radius 1 is 0.900 bits per heavy atom. The number of amides is 2. The lowest BCUT2D eigenvalue weighted by Crippen LogP contribution is -2.48. The summed E-state index contributed by atoms with van der Waals surface area (Å²) in [5.41, 5.74) is 9.35. The fourth-order valence-corrected chi connectivity index (χ4v) is 6.60. The fraction of sp³-hybridized carbons (Fsp3) is 0.353. The van der Waals surface area contributed by atoms with Gasteiger partial charge >= 0.3 is 0 Å². The fourth-order valence-electron chi connectivity index (χ4n) is 6.60. The molecule has 1 saturated heterocycles. The van der Waals surface area contributed by atoms with Crippen LogP contribution in [0.5, 0.6) is 0 Å². The number of nitrogens with zero attached hydrogens (tertiary/aromatic N) is 1. The maximum absolute atomic E-state index is 13.6. The first-order valence-electron chi connectivity index (χ1n) is 14.5. The minimum Gasteiger partial charge on any atom is -0.361 e. The molecule has 0 saturated carbocycles. The maximum Gasteiger partial charge on any atom is 0.228 e. The van der Waals surface area contributed by atoms with Crippen LogP contribution in [-0.4, -0.2) is 34.8 Å². The Balaban J connectivity index is 1.19. The lowest BCUT2D eigenvalue weighted by Gasteiger charge is -2.36. The van der Waals surface area contributed by atoms with Crippen LogP contribution >= 0.6 is 0 Å². The van der Waals surface area contributed by atoms with Crippen LogP contribution in [0.1, 0.15) is 46.2 Å². The van der Waals surface area contributed by atoms with Crippen LogP contribution < -0.4 is 10.6 Å². The number of fused-ring (bicyclic) bond motifs is 2. The van der Waals surface area contributed by atoms with Gasteiger partial charge in [0.25, 0.3) is 0 Å². The van der Waals surface area contributed by atoms with E-state index in [1.807, 2.05) is 24.4 Å². The van der Waals surface area contributed by atoms with Gasteiger partial charge in [0.1, 0.15) is 0 Å². The van der Waals surface area contributed by atoms with Crippen molar-refractivity contribution < 1.29 is 9.59 Å². The van der Waals surface area contributed by atoms with Gasteiger partial charge in [0.15, 0.2) is 0 Å².